The lowest BCUT2D eigenvalue weighted by atomic mass is 10.2. The molecule has 0 unspecified atom stereocenters. The van der Waals surface area contributed by atoms with Crippen LogP contribution in [0.15, 0.2) is 63.0 Å². The molecule has 12 heteroatoms. The molecular formula is C24H19BrClN5O5. The fourth-order valence-corrected chi connectivity index (χ4v) is 3.96. The lowest BCUT2D eigenvalue weighted by molar-refractivity contribution is -0.385. The maximum atomic E-state index is 13.1. The van der Waals surface area contributed by atoms with E-state index in [2.05, 4.69) is 31.0 Å². The Morgan fingerprint density at radius 3 is 2.69 bits per heavy atom. The van der Waals surface area contributed by atoms with E-state index in [1.54, 1.807) is 31.2 Å². The first-order valence-corrected chi connectivity index (χ1v) is 12.0. The number of hydrogen-bond donors (Lipinski definition) is 0. The molecule has 36 heavy (non-hydrogen) atoms. The number of fused-ring (bicyclic) bond motifs is 1. The van der Waals surface area contributed by atoms with Gasteiger partial charge < -0.3 is 9.47 Å². The van der Waals surface area contributed by atoms with Crippen LogP contribution in [0.2, 0.25) is 5.02 Å². The molecule has 0 aliphatic carbocycles. The highest BCUT2D eigenvalue weighted by molar-refractivity contribution is 9.10. The summed E-state index contributed by atoms with van der Waals surface area (Å²) in [6.45, 7) is 4.01. The van der Waals surface area contributed by atoms with E-state index in [0.29, 0.717) is 41.1 Å². The highest BCUT2D eigenvalue weighted by atomic mass is 79.9. The summed E-state index contributed by atoms with van der Waals surface area (Å²) < 4.78 is 13.5. The lowest BCUT2D eigenvalue weighted by Crippen LogP contribution is -2.22. The van der Waals surface area contributed by atoms with E-state index >= 15 is 0 Å². The normalized spacial score (nSPS) is 11.2. The summed E-state index contributed by atoms with van der Waals surface area (Å²) in [5, 5.41) is 15.9. The summed E-state index contributed by atoms with van der Waals surface area (Å²) in [6.07, 6.45) is 3.07. The van der Waals surface area contributed by atoms with Crippen LogP contribution < -0.4 is 15.0 Å². The third-order valence-electron chi connectivity index (χ3n) is 4.98. The quantitative estimate of drug-likeness (QED) is 0.150. The standard InChI is InChI=1S/C24H19BrClN5O5/c1-3-21-29-19-7-5-15(25)11-17(19)24(32)30(21)28-12-14-9-18(26)23(20(10-14)35-4-2)36-22-8-6-16(13-27-22)31(33)34/h5-13H,3-4H2,1-2H3. The van der Waals surface area contributed by atoms with Gasteiger partial charge >= 0.3 is 0 Å². The lowest BCUT2D eigenvalue weighted by Gasteiger charge is -2.13. The maximum Gasteiger partial charge on any atom is 0.287 e. The number of aryl methyl sites for hydroxylation is 1. The molecule has 0 aliphatic heterocycles. The largest absolute Gasteiger partial charge is 0.490 e. The third kappa shape index (κ3) is 5.37. The van der Waals surface area contributed by atoms with Gasteiger partial charge in [0.05, 0.1) is 33.7 Å². The molecule has 4 aromatic rings. The molecule has 2 aromatic carbocycles. The van der Waals surface area contributed by atoms with Gasteiger partial charge in [0, 0.05) is 23.0 Å². The van der Waals surface area contributed by atoms with Gasteiger partial charge in [0.1, 0.15) is 12.0 Å². The summed E-state index contributed by atoms with van der Waals surface area (Å²) >= 11 is 9.86. The Morgan fingerprint density at radius 2 is 2.03 bits per heavy atom. The van der Waals surface area contributed by atoms with E-state index in [4.69, 9.17) is 21.1 Å². The minimum Gasteiger partial charge on any atom is -0.490 e. The fraction of sp³-hybridized carbons (Fsp3) is 0.167. The van der Waals surface area contributed by atoms with Gasteiger partial charge in [-0.25, -0.2) is 9.97 Å². The molecule has 184 valence electrons. The van der Waals surface area contributed by atoms with Crippen molar-refractivity contribution in [3.05, 3.63) is 90.0 Å². The first-order valence-electron chi connectivity index (χ1n) is 10.8. The Hall–Kier alpha value is -3.83. The Morgan fingerprint density at radius 1 is 1.22 bits per heavy atom. The van der Waals surface area contributed by atoms with Crippen LogP contribution in [-0.4, -0.2) is 32.4 Å². The molecule has 0 saturated heterocycles. The Bertz CT molecular complexity index is 1540. The SMILES string of the molecule is CCOc1cc(C=Nn2c(CC)nc3ccc(Br)cc3c2=O)cc(Cl)c1Oc1ccc([N+](=O)[O-])cn1. The van der Waals surface area contributed by atoms with Crippen molar-refractivity contribution in [1.82, 2.24) is 14.6 Å². The summed E-state index contributed by atoms with van der Waals surface area (Å²) in [5.41, 5.74) is 0.683. The van der Waals surface area contributed by atoms with E-state index in [9.17, 15) is 14.9 Å². The van der Waals surface area contributed by atoms with Crippen LogP contribution in [0.4, 0.5) is 5.69 Å². The zero-order valence-electron chi connectivity index (χ0n) is 19.1. The van der Waals surface area contributed by atoms with Crippen molar-refractivity contribution in [3.8, 4) is 17.4 Å². The third-order valence-corrected chi connectivity index (χ3v) is 5.76. The number of rotatable bonds is 8. The number of aromatic nitrogens is 3. The van der Waals surface area contributed by atoms with Crippen LogP contribution in [0.5, 0.6) is 17.4 Å². The summed E-state index contributed by atoms with van der Waals surface area (Å²) in [6, 6.07) is 11.2. The summed E-state index contributed by atoms with van der Waals surface area (Å²) in [4.78, 5) is 31.9. The van der Waals surface area contributed by atoms with Crippen LogP contribution in [-0.2, 0) is 6.42 Å². The molecule has 0 aliphatic rings. The highest BCUT2D eigenvalue weighted by Crippen LogP contribution is 2.39. The number of benzene rings is 2. The van der Waals surface area contributed by atoms with Gasteiger partial charge in [0.25, 0.3) is 11.2 Å². The van der Waals surface area contributed by atoms with Crippen LogP contribution in [0.3, 0.4) is 0 Å². The molecule has 0 bridgehead atoms. The number of nitro groups is 1. The number of pyridine rings is 1. The molecular weight excluding hydrogens is 554 g/mol. The molecule has 0 atom stereocenters. The van der Waals surface area contributed by atoms with E-state index in [1.807, 2.05) is 13.0 Å². The van der Waals surface area contributed by atoms with Gasteiger partial charge in [-0.1, -0.05) is 34.5 Å². The number of ether oxygens (including phenoxy) is 2. The van der Waals surface area contributed by atoms with E-state index in [0.717, 1.165) is 10.7 Å². The molecule has 4 rings (SSSR count). The fourth-order valence-electron chi connectivity index (χ4n) is 3.34. The first kappa shape index (κ1) is 25.3. The van der Waals surface area contributed by atoms with Crippen LogP contribution >= 0.6 is 27.5 Å². The van der Waals surface area contributed by atoms with Gasteiger partial charge in [0.2, 0.25) is 5.88 Å². The van der Waals surface area contributed by atoms with Crippen LogP contribution in [0.1, 0.15) is 25.2 Å². The zero-order chi connectivity index (χ0) is 25.8. The van der Waals surface area contributed by atoms with E-state index < -0.39 is 4.92 Å². The molecule has 0 N–H and O–H groups in total. The maximum absolute atomic E-state index is 13.1. The second kappa shape index (κ2) is 10.8. The number of nitrogens with zero attached hydrogens (tertiary/aromatic N) is 5. The van der Waals surface area contributed by atoms with Crippen molar-refractivity contribution in [2.75, 3.05) is 6.61 Å². The van der Waals surface area contributed by atoms with Gasteiger partial charge in [0.15, 0.2) is 11.5 Å². The Labute approximate surface area is 218 Å². The van der Waals surface area contributed by atoms with Crippen molar-refractivity contribution in [3.63, 3.8) is 0 Å². The van der Waals surface area contributed by atoms with Crippen molar-refractivity contribution in [2.24, 2.45) is 5.10 Å². The summed E-state index contributed by atoms with van der Waals surface area (Å²) in [7, 11) is 0. The predicted octanol–water partition coefficient (Wildman–Crippen LogP) is 5.75. The number of halogens is 2. The monoisotopic (exact) mass is 571 g/mol. The van der Waals surface area contributed by atoms with Gasteiger partial charge in [-0.15, -0.1) is 0 Å². The minimum absolute atomic E-state index is 0.109. The first-order chi connectivity index (χ1) is 17.3. The second-order valence-corrected chi connectivity index (χ2v) is 8.70. The number of hydrogen-bond acceptors (Lipinski definition) is 8. The molecule has 2 heterocycles. The molecule has 0 fully saturated rings. The van der Waals surface area contributed by atoms with Gasteiger partial charge in [-0.3, -0.25) is 14.9 Å². The van der Waals surface area contributed by atoms with Gasteiger partial charge in [-0.05, 0) is 42.8 Å². The summed E-state index contributed by atoms with van der Waals surface area (Å²) in [5.74, 6) is 1.12. The Balaban J connectivity index is 1.71. The zero-order valence-corrected chi connectivity index (χ0v) is 21.5. The van der Waals surface area contributed by atoms with E-state index in [-0.39, 0.29) is 27.9 Å². The van der Waals surface area contributed by atoms with Crippen LogP contribution in [0.25, 0.3) is 10.9 Å². The van der Waals surface area contributed by atoms with Crippen molar-refractivity contribution < 1.29 is 14.4 Å². The van der Waals surface area contributed by atoms with Gasteiger partial charge in [-0.2, -0.15) is 9.78 Å². The highest BCUT2D eigenvalue weighted by Gasteiger charge is 2.16. The average molecular weight is 573 g/mol. The smallest absolute Gasteiger partial charge is 0.287 e. The van der Waals surface area contributed by atoms with Crippen molar-refractivity contribution in [2.45, 2.75) is 20.3 Å². The van der Waals surface area contributed by atoms with E-state index in [1.165, 1.54) is 23.0 Å². The van der Waals surface area contributed by atoms with Crippen LogP contribution in [0, 0.1) is 10.1 Å². The topological polar surface area (TPSA) is 122 Å². The molecule has 2 aromatic heterocycles. The van der Waals surface area contributed by atoms with Crippen molar-refractivity contribution in [1.29, 1.82) is 0 Å². The second-order valence-electron chi connectivity index (χ2n) is 7.38. The van der Waals surface area contributed by atoms with Crippen molar-refractivity contribution >= 4 is 50.3 Å². The minimum atomic E-state index is -0.553. The molecule has 0 saturated carbocycles. The molecule has 0 spiro atoms. The molecule has 0 amide bonds. The average Bonchev–Trinajstić information content (AvgIpc) is 2.86. The Kier molecular flexibility index (Phi) is 7.61. The molecule has 10 nitrogen and oxygen atoms in total. The molecule has 0 radical (unpaired) electrons. The predicted molar refractivity (Wildman–Crippen MR) is 140 cm³/mol.